The van der Waals surface area contributed by atoms with Gasteiger partial charge in [0.2, 0.25) is 0 Å². The van der Waals surface area contributed by atoms with Gasteiger partial charge in [-0.05, 0) is 0 Å². The lowest BCUT2D eigenvalue weighted by molar-refractivity contribution is -0.139. The zero-order valence-corrected chi connectivity index (χ0v) is 6.36. The third kappa shape index (κ3) is 11.2. The molecule has 0 atom stereocenters. The van der Waals surface area contributed by atoms with E-state index < -0.39 is 11.9 Å². The maximum atomic E-state index is 9.72. The van der Waals surface area contributed by atoms with E-state index in [1.54, 1.807) is 0 Å². The SMILES string of the molecule is C=CC(=O)ON.C=CC(=O)ON. The number of carbonyl (C=O) groups is 2. The second kappa shape index (κ2) is 9.34. The van der Waals surface area contributed by atoms with Crippen molar-refractivity contribution in [3.05, 3.63) is 25.3 Å². The third-order valence-corrected chi connectivity index (χ3v) is 0.566. The van der Waals surface area contributed by atoms with Gasteiger partial charge in [-0.25, -0.2) is 9.59 Å². The monoisotopic (exact) mass is 174 g/mol. The number of nitrogens with two attached hydrogens (primary N) is 2. The lowest BCUT2D eigenvalue weighted by Crippen LogP contribution is -2.04. The average Bonchev–Trinajstić information content (AvgIpc) is 2.16. The third-order valence-electron chi connectivity index (χ3n) is 0.566. The van der Waals surface area contributed by atoms with Crippen molar-refractivity contribution < 1.29 is 19.3 Å². The molecule has 12 heavy (non-hydrogen) atoms. The van der Waals surface area contributed by atoms with Gasteiger partial charge in [0.15, 0.2) is 0 Å². The van der Waals surface area contributed by atoms with Gasteiger partial charge < -0.3 is 9.68 Å². The quantitative estimate of drug-likeness (QED) is 0.418. The molecule has 0 aromatic heterocycles. The standard InChI is InChI=1S/2C3H5NO2/c2*1-2-3(5)6-4/h2*2H,1,4H2. The van der Waals surface area contributed by atoms with Crippen molar-refractivity contribution in [2.45, 2.75) is 0 Å². The Labute approximate surface area is 69.3 Å². The van der Waals surface area contributed by atoms with Gasteiger partial charge in [0, 0.05) is 12.2 Å². The van der Waals surface area contributed by atoms with Crippen molar-refractivity contribution in [1.29, 1.82) is 0 Å². The molecule has 0 spiro atoms. The van der Waals surface area contributed by atoms with Crippen LogP contribution >= 0.6 is 0 Å². The Bertz CT molecular complexity index is 158. The van der Waals surface area contributed by atoms with E-state index in [0.717, 1.165) is 12.2 Å². The van der Waals surface area contributed by atoms with Gasteiger partial charge in [-0.15, -0.1) is 0 Å². The van der Waals surface area contributed by atoms with Crippen LogP contribution in [0.4, 0.5) is 0 Å². The summed E-state index contributed by atoms with van der Waals surface area (Å²) in [5, 5.41) is 0. The Morgan fingerprint density at radius 2 is 1.25 bits per heavy atom. The van der Waals surface area contributed by atoms with Crippen LogP contribution in [0.25, 0.3) is 0 Å². The molecular formula is C6H10N2O4. The molecule has 6 heteroatoms. The van der Waals surface area contributed by atoms with Gasteiger partial charge in [-0.1, -0.05) is 13.2 Å². The molecule has 4 N–H and O–H groups in total. The molecule has 0 unspecified atom stereocenters. The molecule has 0 aliphatic carbocycles. The van der Waals surface area contributed by atoms with Gasteiger partial charge >= 0.3 is 11.9 Å². The number of hydrogen-bond donors (Lipinski definition) is 2. The fraction of sp³-hybridized carbons (Fsp3) is 0. The van der Waals surface area contributed by atoms with Crippen LogP contribution in [0.2, 0.25) is 0 Å². The molecule has 0 aliphatic heterocycles. The summed E-state index contributed by atoms with van der Waals surface area (Å²) in [5.41, 5.74) is 0. The van der Waals surface area contributed by atoms with Gasteiger partial charge in [-0.3, -0.25) is 0 Å². The Balaban J connectivity index is 0. The largest absolute Gasteiger partial charge is 0.370 e. The van der Waals surface area contributed by atoms with Gasteiger partial charge in [0.05, 0.1) is 0 Å². The van der Waals surface area contributed by atoms with E-state index in [9.17, 15) is 9.59 Å². The van der Waals surface area contributed by atoms with Crippen molar-refractivity contribution in [1.82, 2.24) is 0 Å². The molecule has 0 bridgehead atoms. The topological polar surface area (TPSA) is 105 Å². The van der Waals surface area contributed by atoms with E-state index in [1.165, 1.54) is 0 Å². The van der Waals surface area contributed by atoms with Crippen molar-refractivity contribution in [3.63, 3.8) is 0 Å². The van der Waals surface area contributed by atoms with E-state index in [4.69, 9.17) is 0 Å². The maximum Gasteiger partial charge on any atom is 0.348 e. The molecule has 0 radical (unpaired) electrons. The van der Waals surface area contributed by atoms with Crippen LogP contribution in [0.15, 0.2) is 25.3 Å². The minimum Gasteiger partial charge on any atom is -0.370 e. The Morgan fingerprint density at radius 1 is 1.00 bits per heavy atom. The zero-order valence-electron chi connectivity index (χ0n) is 6.36. The molecule has 0 aromatic rings. The van der Waals surface area contributed by atoms with Gasteiger partial charge in [-0.2, -0.15) is 11.8 Å². The second-order valence-corrected chi connectivity index (χ2v) is 1.28. The first kappa shape index (κ1) is 13.0. The van der Waals surface area contributed by atoms with Crippen LogP contribution < -0.4 is 11.8 Å². The number of carbonyl (C=O) groups excluding carboxylic acids is 2. The summed E-state index contributed by atoms with van der Waals surface area (Å²) in [7, 11) is 0. The molecule has 0 fully saturated rings. The van der Waals surface area contributed by atoms with Crippen LogP contribution in [-0.2, 0) is 19.3 Å². The normalized spacial score (nSPS) is 6.83. The Morgan fingerprint density at radius 3 is 1.25 bits per heavy atom. The minimum absolute atomic E-state index is 0.616. The fourth-order valence-corrected chi connectivity index (χ4v) is 0.0962. The predicted octanol–water partition coefficient (Wildman–Crippen LogP) is -0.821. The van der Waals surface area contributed by atoms with Crippen molar-refractivity contribution in [2.75, 3.05) is 0 Å². The number of hydrogen-bond acceptors (Lipinski definition) is 6. The first-order valence-electron chi connectivity index (χ1n) is 2.68. The van der Waals surface area contributed by atoms with Crippen LogP contribution in [-0.4, -0.2) is 11.9 Å². The van der Waals surface area contributed by atoms with Crippen molar-refractivity contribution in [3.8, 4) is 0 Å². The summed E-state index contributed by atoms with van der Waals surface area (Å²) in [6.45, 7) is 6.15. The van der Waals surface area contributed by atoms with Crippen molar-refractivity contribution >= 4 is 11.9 Å². The lowest BCUT2D eigenvalue weighted by Gasteiger charge is -1.81. The van der Waals surface area contributed by atoms with E-state index in [0.29, 0.717) is 0 Å². The fourth-order valence-electron chi connectivity index (χ4n) is 0.0962. The highest BCUT2D eigenvalue weighted by molar-refractivity contribution is 5.81. The Kier molecular flexibility index (Phi) is 10.1. The molecule has 68 valence electrons. The highest BCUT2D eigenvalue weighted by Crippen LogP contribution is 1.64. The van der Waals surface area contributed by atoms with Crippen molar-refractivity contribution in [2.24, 2.45) is 11.8 Å². The smallest absolute Gasteiger partial charge is 0.348 e. The summed E-state index contributed by atoms with van der Waals surface area (Å²) in [6, 6.07) is 0. The van der Waals surface area contributed by atoms with Crippen LogP contribution in [0.3, 0.4) is 0 Å². The Hall–Kier alpha value is -1.66. The molecule has 6 nitrogen and oxygen atoms in total. The molecule has 0 saturated carbocycles. The molecule has 0 aromatic carbocycles. The zero-order chi connectivity index (χ0) is 9.98. The van der Waals surface area contributed by atoms with E-state index in [1.807, 2.05) is 0 Å². The summed E-state index contributed by atoms with van der Waals surface area (Å²) >= 11 is 0. The summed E-state index contributed by atoms with van der Waals surface area (Å²) < 4.78 is 0. The molecular weight excluding hydrogens is 164 g/mol. The van der Waals surface area contributed by atoms with E-state index in [-0.39, 0.29) is 0 Å². The van der Waals surface area contributed by atoms with Crippen LogP contribution in [0.5, 0.6) is 0 Å². The first-order valence-corrected chi connectivity index (χ1v) is 2.68. The van der Waals surface area contributed by atoms with Crippen LogP contribution in [0.1, 0.15) is 0 Å². The lowest BCUT2D eigenvalue weighted by atomic mass is 10.7. The molecule has 0 heterocycles. The molecule has 0 aliphatic rings. The molecule has 0 amide bonds. The molecule has 0 rings (SSSR count). The highest BCUT2D eigenvalue weighted by Gasteiger charge is 1.83. The average molecular weight is 174 g/mol. The second-order valence-electron chi connectivity index (χ2n) is 1.28. The van der Waals surface area contributed by atoms with Gasteiger partial charge in [0.1, 0.15) is 0 Å². The predicted molar refractivity (Wildman–Crippen MR) is 41.0 cm³/mol. The summed E-state index contributed by atoms with van der Waals surface area (Å²) in [4.78, 5) is 26.7. The molecule has 0 saturated heterocycles. The summed E-state index contributed by atoms with van der Waals surface area (Å²) in [6.07, 6.45) is 1.97. The van der Waals surface area contributed by atoms with Crippen LogP contribution in [0, 0.1) is 0 Å². The van der Waals surface area contributed by atoms with Gasteiger partial charge in [0.25, 0.3) is 0 Å². The maximum absolute atomic E-state index is 9.72. The number of rotatable bonds is 2. The summed E-state index contributed by atoms with van der Waals surface area (Å²) in [5.74, 6) is 7.49. The van der Waals surface area contributed by atoms with E-state index >= 15 is 0 Å². The first-order chi connectivity index (χ1) is 5.62. The highest BCUT2D eigenvalue weighted by atomic mass is 16.7. The van der Waals surface area contributed by atoms with E-state index in [2.05, 4.69) is 34.6 Å². The minimum atomic E-state index is -0.616.